The van der Waals surface area contributed by atoms with Gasteiger partial charge in [0.2, 0.25) is 0 Å². The minimum atomic E-state index is -2.61. The van der Waals surface area contributed by atoms with Gasteiger partial charge in [-0.25, -0.2) is 0 Å². The molecule has 0 atom stereocenters. The van der Waals surface area contributed by atoms with E-state index < -0.39 is 11.4 Å². The van der Waals surface area contributed by atoms with Crippen LogP contribution in [0.3, 0.4) is 0 Å². The van der Waals surface area contributed by atoms with Gasteiger partial charge in [0, 0.05) is 37.7 Å². The second-order valence-corrected chi connectivity index (χ2v) is 0.692. The van der Waals surface area contributed by atoms with Gasteiger partial charge in [-0.3, -0.25) is 9.11 Å². The van der Waals surface area contributed by atoms with Crippen molar-refractivity contribution in [3.63, 3.8) is 0 Å². The summed E-state index contributed by atoms with van der Waals surface area (Å²) in [7, 11) is 0. The Morgan fingerprint density at radius 3 is 1.40 bits per heavy atom. The predicted molar refractivity (Wildman–Crippen MR) is 19.2 cm³/mol. The Balaban J connectivity index is 0. The minimum absolute atomic E-state index is 0. The minimum Gasteiger partial charge on any atom is -0.284 e. The van der Waals surface area contributed by atoms with E-state index in [1.165, 1.54) is 0 Å². The van der Waals surface area contributed by atoms with Crippen molar-refractivity contribution in [2.75, 3.05) is 0 Å². The fourth-order valence-electron chi connectivity index (χ4n) is 0. The zero-order valence-electron chi connectivity index (χ0n) is 2.42. The first-order valence-electron chi connectivity index (χ1n) is 0.532. The standard InChI is InChI=1S/Ca.H2O3S/c;1-4(2)3/h;(H2,1,2,3). The molecule has 0 fully saturated rings. The molecule has 0 unspecified atom stereocenters. The van der Waals surface area contributed by atoms with E-state index in [9.17, 15) is 0 Å². The van der Waals surface area contributed by atoms with E-state index in [0.717, 1.165) is 0 Å². The SMILES string of the molecule is O=S(O)O.[Ca]. The summed E-state index contributed by atoms with van der Waals surface area (Å²) in [5, 5.41) is 0. The van der Waals surface area contributed by atoms with Crippen LogP contribution < -0.4 is 0 Å². The maximum absolute atomic E-state index is 8.67. The van der Waals surface area contributed by atoms with Gasteiger partial charge in [-0.15, -0.1) is 0 Å². The van der Waals surface area contributed by atoms with Gasteiger partial charge >= 0.3 is 0 Å². The first-order valence-corrected chi connectivity index (χ1v) is 1.60. The van der Waals surface area contributed by atoms with E-state index >= 15 is 0 Å². The summed E-state index contributed by atoms with van der Waals surface area (Å²) in [5.74, 6) is 0. The van der Waals surface area contributed by atoms with E-state index in [0.29, 0.717) is 0 Å². The second kappa shape index (κ2) is 5.33. The van der Waals surface area contributed by atoms with E-state index in [1.54, 1.807) is 0 Å². The number of hydrogen-bond acceptors (Lipinski definition) is 1. The Labute approximate surface area is 61.9 Å². The fourth-order valence-corrected chi connectivity index (χ4v) is 0. The van der Waals surface area contributed by atoms with Crippen molar-refractivity contribution in [3.8, 4) is 0 Å². The summed E-state index contributed by atoms with van der Waals surface area (Å²) in [6.07, 6.45) is 0. The molecule has 0 amide bonds. The molecule has 0 bridgehead atoms. The summed E-state index contributed by atoms with van der Waals surface area (Å²) in [6, 6.07) is 0. The Morgan fingerprint density at radius 1 is 1.40 bits per heavy atom. The third-order valence-corrected chi connectivity index (χ3v) is 0. The van der Waals surface area contributed by atoms with Crippen molar-refractivity contribution in [3.05, 3.63) is 0 Å². The molecule has 5 heteroatoms. The molecule has 0 rings (SSSR count). The molecule has 0 aliphatic heterocycles. The Kier molecular flexibility index (Phi) is 10.2. The molecule has 0 aliphatic rings. The quantitative estimate of drug-likeness (QED) is 0.330. The summed E-state index contributed by atoms with van der Waals surface area (Å²) in [6.45, 7) is 0. The van der Waals surface area contributed by atoms with Gasteiger partial charge in [0.05, 0.1) is 0 Å². The van der Waals surface area contributed by atoms with Crippen LogP contribution in [0.25, 0.3) is 0 Å². The average Bonchev–Trinajstić information content (AvgIpc) is 0.811. The Hall–Kier alpha value is 1.33. The van der Waals surface area contributed by atoms with Crippen LogP contribution >= 0.6 is 0 Å². The summed E-state index contributed by atoms with van der Waals surface area (Å²) in [4.78, 5) is 0. The maximum atomic E-state index is 8.67. The molecular formula is H2CaO3S. The molecule has 0 saturated heterocycles. The number of hydrogen-bond donors (Lipinski definition) is 2. The Bertz CT molecular complexity index is 29.9. The van der Waals surface area contributed by atoms with Crippen LogP contribution in [-0.2, 0) is 11.4 Å². The molecule has 2 N–H and O–H groups in total. The van der Waals surface area contributed by atoms with Gasteiger partial charge in [0.1, 0.15) is 0 Å². The van der Waals surface area contributed by atoms with Crippen LogP contribution in [0.2, 0.25) is 0 Å². The first kappa shape index (κ1) is 9.59. The zero-order chi connectivity index (χ0) is 3.58. The van der Waals surface area contributed by atoms with Gasteiger partial charge in [-0.1, -0.05) is 0 Å². The van der Waals surface area contributed by atoms with Crippen LogP contribution in [0.4, 0.5) is 0 Å². The topological polar surface area (TPSA) is 57.5 Å². The van der Waals surface area contributed by atoms with Crippen molar-refractivity contribution < 1.29 is 13.3 Å². The van der Waals surface area contributed by atoms with E-state index in [-0.39, 0.29) is 37.7 Å². The van der Waals surface area contributed by atoms with Gasteiger partial charge in [0.25, 0.3) is 11.4 Å². The van der Waals surface area contributed by atoms with Crippen molar-refractivity contribution in [1.29, 1.82) is 0 Å². The molecule has 2 radical (unpaired) electrons. The average molecular weight is 122 g/mol. The van der Waals surface area contributed by atoms with E-state index in [4.69, 9.17) is 13.3 Å². The van der Waals surface area contributed by atoms with Crippen molar-refractivity contribution in [1.82, 2.24) is 0 Å². The van der Waals surface area contributed by atoms with Gasteiger partial charge in [-0.05, 0) is 0 Å². The molecule has 0 aliphatic carbocycles. The molecular weight excluding hydrogens is 120 g/mol. The molecule has 0 spiro atoms. The molecule has 0 aromatic heterocycles. The summed E-state index contributed by atoms with van der Waals surface area (Å²) < 4.78 is 22.8. The molecule has 0 heterocycles. The van der Waals surface area contributed by atoms with Crippen LogP contribution in [0, 0.1) is 0 Å². The van der Waals surface area contributed by atoms with Crippen LogP contribution in [0.5, 0.6) is 0 Å². The zero-order valence-corrected chi connectivity index (χ0v) is 5.44. The summed E-state index contributed by atoms with van der Waals surface area (Å²) in [5.41, 5.74) is 0. The van der Waals surface area contributed by atoms with Gasteiger partial charge in [0.15, 0.2) is 0 Å². The van der Waals surface area contributed by atoms with Crippen molar-refractivity contribution >= 4 is 49.1 Å². The molecule has 5 heavy (non-hydrogen) atoms. The third-order valence-electron chi connectivity index (χ3n) is 0. The Morgan fingerprint density at radius 2 is 1.40 bits per heavy atom. The molecule has 0 aromatic rings. The smallest absolute Gasteiger partial charge is 0.284 e. The van der Waals surface area contributed by atoms with Gasteiger partial charge in [-0.2, -0.15) is 4.21 Å². The van der Waals surface area contributed by atoms with Gasteiger partial charge < -0.3 is 0 Å². The van der Waals surface area contributed by atoms with Crippen LogP contribution in [-0.4, -0.2) is 51.1 Å². The normalized spacial score (nSPS) is 7.00. The van der Waals surface area contributed by atoms with Crippen molar-refractivity contribution in [2.45, 2.75) is 0 Å². The largest absolute Gasteiger partial charge is 0.299 e. The van der Waals surface area contributed by atoms with Crippen molar-refractivity contribution in [2.24, 2.45) is 0 Å². The predicted octanol–water partition coefficient (Wildman–Crippen LogP) is -0.700. The first-order chi connectivity index (χ1) is 1.73. The van der Waals surface area contributed by atoms with E-state index in [1.807, 2.05) is 0 Å². The number of rotatable bonds is 0. The molecule has 0 saturated carbocycles. The molecule has 28 valence electrons. The summed E-state index contributed by atoms with van der Waals surface area (Å²) >= 11 is -2.61. The third kappa shape index (κ3) is 33.4. The van der Waals surface area contributed by atoms with Crippen LogP contribution in [0.15, 0.2) is 0 Å². The van der Waals surface area contributed by atoms with Crippen LogP contribution in [0.1, 0.15) is 0 Å². The molecule has 0 aromatic carbocycles. The second-order valence-electron chi connectivity index (χ2n) is 0.231. The fraction of sp³-hybridized carbons (Fsp3) is 0. The maximum Gasteiger partial charge on any atom is 0.299 e. The monoisotopic (exact) mass is 122 g/mol. The van der Waals surface area contributed by atoms with E-state index in [2.05, 4.69) is 0 Å². The molecule has 3 nitrogen and oxygen atoms in total.